The Balaban J connectivity index is 0.00000300. The summed E-state index contributed by atoms with van der Waals surface area (Å²) < 4.78 is 46.0. The van der Waals surface area contributed by atoms with Gasteiger partial charge in [-0.3, -0.25) is 9.89 Å². The number of fused-ring (bicyclic) bond motifs is 1. The number of nitrogens with zero attached hydrogens (tertiary/aromatic N) is 1. The molecule has 3 rings (SSSR count). The molecule has 29 heavy (non-hydrogen) atoms. The highest BCUT2D eigenvalue weighted by molar-refractivity contribution is 5.94. The minimum atomic E-state index is -4.56. The number of H-pyrrole nitrogens is 1. The van der Waals surface area contributed by atoms with Gasteiger partial charge in [-0.1, -0.05) is 6.07 Å². The number of hydrogen-bond donors (Lipinski definition) is 3. The number of aromatic amines is 1. The Kier molecular flexibility index (Phi) is 6.85. The highest BCUT2D eigenvalue weighted by Crippen LogP contribution is 2.35. The van der Waals surface area contributed by atoms with Gasteiger partial charge in [-0.05, 0) is 38.5 Å². The quantitative estimate of drug-likeness (QED) is 0.689. The fourth-order valence-corrected chi connectivity index (χ4v) is 3.06. The third-order valence-electron chi connectivity index (χ3n) is 4.27. The van der Waals surface area contributed by atoms with Crippen molar-refractivity contribution in [2.24, 2.45) is 0 Å². The van der Waals surface area contributed by atoms with Crippen molar-refractivity contribution in [3.63, 3.8) is 0 Å². The van der Waals surface area contributed by atoms with Gasteiger partial charge in [0.05, 0.1) is 5.56 Å². The average Bonchev–Trinajstić information content (AvgIpc) is 3.02. The fraction of sp³-hybridized carbons (Fsp3) is 0.474. The van der Waals surface area contributed by atoms with Gasteiger partial charge in [0, 0.05) is 37.3 Å². The third kappa shape index (κ3) is 5.63. The summed E-state index contributed by atoms with van der Waals surface area (Å²) in [6.45, 7) is 6.30. The molecule has 1 aromatic heterocycles. The second-order valence-corrected chi connectivity index (χ2v) is 7.67. The lowest BCUT2D eigenvalue weighted by Gasteiger charge is -2.23. The number of alkyl halides is 3. The van der Waals surface area contributed by atoms with E-state index < -0.39 is 23.2 Å². The minimum absolute atomic E-state index is 0. The highest BCUT2D eigenvalue weighted by Gasteiger charge is 2.34. The molecular formula is C19H24ClF3N4O2. The smallest absolute Gasteiger partial charge is 0.416 e. The van der Waals surface area contributed by atoms with Crippen LogP contribution >= 0.6 is 12.4 Å². The molecule has 0 atom stereocenters. The Labute approximate surface area is 173 Å². The molecule has 0 spiro atoms. The summed E-state index contributed by atoms with van der Waals surface area (Å²) in [7, 11) is 0. The molecule has 160 valence electrons. The number of rotatable bonds is 4. The second-order valence-electron chi connectivity index (χ2n) is 7.67. The van der Waals surface area contributed by atoms with Crippen LogP contribution < -0.4 is 15.4 Å². The topological polar surface area (TPSA) is 79.0 Å². The summed E-state index contributed by atoms with van der Waals surface area (Å²) >= 11 is 0. The van der Waals surface area contributed by atoms with Gasteiger partial charge in [0.25, 0.3) is 5.91 Å². The first-order chi connectivity index (χ1) is 13.0. The molecule has 0 radical (unpaired) electrons. The van der Waals surface area contributed by atoms with Crippen molar-refractivity contribution in [3.8, 4) is 5.75 Å². The van der Waals surface area contributed by atoms with E-state index in [4.69, 9.17) is 4.74 Å². The van der Waals surface area contributed by atoms with E-state index >= 15 is 0 Å². The number of halogens is 4. The summed E-state index contributed by atoms with van der Waals surface area (Å²) in [6.07, 6.45) is -3.84. The van der Waals surface area contributed by atoms with Crippen molar-refractivity contribution in [1.82, 2.24) is 20.8 Å². The molecule has 0 bridgehead atoms. The van der Waals surface area contributed by atoms with Crippen LogP contribution in [-0.2, 0) is 25.7 Å². The molecule has 1 amide bonds. The maximum atomic E-state index is 13.5. The normalized spacial score (nSPS) is 14.0. The zero-order chi connectivity index (χ0) is 20.5. The molecule has 3 N–H and O–H groups in total. The SMILES string of the molecule is CC(C)(C)Oc1ccc(CNC(=O)c2n[nH]c3c2CNCC3)c(C(F)(F)F)c1.Cl. The first-order valence-electron chi connectivity index (χ1n) is 8.99. The van der Waals surface area contributed by atoms with E-state index in [1.165, 1.54) is 12.1 Å². The van der Waals surface area contributed by atoms with Crippen molar-refractivity contribution in [2.75, 3.05) is 6.54 Å². The monoisotopic (exact) mass is 432 g/mol. The molecule has 1 aliphatic heterocycles. The van der Waals surface area contributed by atoms with E-state index in [0.29, 0.717) is 6.54 Å². The molecule has 1 aliphatic rings. The number of amides is 1. The van der Waals surface area contributed by atoms with Crippen LogP contribution in [0.25, 0.3) is 0 Å². The van der Waals surface area contributed by atoms with Gasteiger partial charge in [0.1, 0.15) is 11.4 Å². The van der Waals surface area contributed by atoms with Crippen LogP contribution in [-0.4, -0.2) is 28.3 Å². The molecule has 0 saturated carbocycles. The molecule has 2 aromatic rings. The first kappa shape index (κ1) is 23.0. The predicted octanol–water partition coefficient (Wildman–Crippen LogP) is 3.60. The second kappa shape index (κ2) is 8.62. The maximum absolute atomic E-state index is 13.5. The number of carbonyl (C=O) groups excluding carboxylic acids is 1. The summed E-state index contributed by atoms with van der Waals surface area (Å²) in [5, 5.41) is 12.5. The zero-order valence-electron chi connectivity index (χ0n) is 16.4. The first-order valence-corrected chi connectivity index (χ1v) is 8.99. The third-order valence-corrected chi connectivity index (χ3v) is 4.27. The van der Waals surface area contributed by atoms with E-state index in [1.54, 1.807) is 20.8 Å². The van der Waals surface area contributed by atoms with E-state index in [0.717, 1.165) is 30.3 Å². The fourth-order valence-electron chi connectivity index (χ4n) is 3.06. The lowest BCUT2D eigenvalue weighted by atomic mass is 10.0. The van der Waals surface area contributed by atoms with Crippen LogP contribution in [0.15, 0.2) is 18.2 Å². The average molecular weight is 433 g/mol. The molecular weight excluding hydrogens is 409 g/mol. The van der Waals surface area contributed by atoms with Crippen molar-refractivity contribution >= 4 is 18.3 Å². The van der Waals surface area contributed by atoms with Gasteiger partial charge in [-0.15, -0.1) is 12.4 Å². The number of aromatic nitrogens is 2. The van der Waals surface area contributed by atoms with Crippen molar-refractivity contribution in [1.29, 1.82) is 0 Å². The number of nitrogens with one attached hydrogen (secondary N) is 3. The van der Waals surface area contributed by atoms with E-state index in [9.17, 15) is 18.0 Å². The zero-order valence-corrected chi connectivity index (χ0v) is 17.2. The Morgan fingerprint density at radius 3 is 2.66 bits per heavy atom. The largest absolute Gasteiger partial charge is 0.488 e. The van der Waals surface area contributed by atoms with Crippen LogP contribution in [0.5, 0.6) is 5.75 Å². The molecule has 10 heteroatoms. The number of hydrogen-bond acceptors (Lipinski definition) is 4. The Morgan fingerprint density at radius 1 is 1.28 bits per heavy atom. The van der Waals surface area contributed by atoms with Gasteiger partial charge in [0.2, 0.25) is 0 Å². The molecule has 0 saturated heterocycles. The standard InChI is InChI=1S/C19H23F3N4O2.ClH/c1-18(2,3)28-12-5-4-11(14(8-12)19(20,21)22)9-24-17(27)16-13-10-23-7-6-15(13)25-26-16;/h4-5,8,23H,6-7,9-10H2,1-3H3,(H,24,27)(H,25,26);1H. The summed E-state index contributed by atoms with van der Waals surface area (Å²) in [5.74, 6) is -0.383. The summed E-state index contributed by atoms with van der Waals surface area (Å²) in [5.41, 5.74) is 0.358. The van der Waals surface area contributed by atoms with E-state index in [-0.39, 0.29) is 36.0 Å². The molecule has 0 fully saturated rings. The molecule has 0 aliphatic carbocycles. The lowest BCUT2D eigenvalue weighted by Crippen LogP contribution is -2.29. The van der Waals surface area contributed by atoms with Crippen LogP contribution in [0.4, 0.5) is 13.2 Å². The van der Waals surface area contributed by atoms with Crippen LogP contribution in [0.2, 0.25) is 0 Å². The molecule has 1 aromatic carbocycles. The van der Waals surface area contributed by atoms with Crippen molar-refractivity contribution < 1.29 is 22.7 Å². The van der Waals surface area contributed by atoms with E-state index in [2.05, 4.69) is 20.8 Å². The van der Waals surface area contributed by atoms with Crippen molar-refractivity contribution in [2.45, 2.75) is 52.1 Å². The number of ether oxygens (including phenoxy) is 1. The van der Waals surface area contributed by atoms with Crippen LogP contribution in [0, 0.1) is 0 Å². The highest BCUT2D eigenvalue weighted by atomic mass is 35.5. The Morgan fingerprint density at radius 2 is 2.00 bits per heavy atom. The molecule has 2 heterocycles. The number of carbonyl (C=O) groups is 1. The predicted molar refractivity (Wildman–Crippen MR) is 104 cm³/mol. The van der Waals surface area contributed by atoms with Crippen LogP contribution in [0.1, 0.15) is 53.6 Å². The lowest BCUT2D eigenvalue weighted by molar-refractivity contribution is -0.138. The van der Waals surface area contributed by atoms with Gasteiger partial charge in [-0.25, -0.2) is 0 Å². The van der Waals surface area contributed by atoms with Crippen LogP contribution in [0.3, 0.4) is 0 Å². The van der Waals surface area contributed by atoms with Gasteiger partial charge in [-0.2, -0.15) is 18.3 Å². The minimum Gasteiger partial charge on any atom is -0.488 e. The van der Waals surface area contributed by atoms with Gasteiger partial charge >= 0.3 is 6.18 Å². The Bertz CT molecular complexity index is 875. The maximum Gasteiger partial charge on any atom is 0.416 e. The molecule has 0 unspecified atom stereocenters. The summed E-state index contributed by atoms with van der Waals surface area (Å²) in [6, 6.07) is 3.77. The van der Waals surface area contributed by atoms with Gasteiger partial charge < -0.3 is 15.4 Å². The van der Waals surface area contributed by atoms with Crippen molar-refractivity contribution in [3.05, 3.63) is 46.3 Å². The summed E-state index contributed by atoms with van der Waals surface area (Å²) in [4.78, 5) is 12.4. The van der Waals surface area contributed by atoms with Gasteiger partial charge in [0.15, 0.2) is 5.69 Å². The Hall–Kier alpha value is -2.26. The number of benzene rings is 1. The van der Waals surface area contributed by atoms with E-state index in [1.807, 2.05) is 0 Å². The molecule has 6 nitrogen and oxygen atoms in total.